The van der Waals surface area contributed by atoms with Crippen LogP contribution in [-0.2, 0) is 17.3 Å². The Labute approximate surface area is 339 Å². The number of rotatable bonds is 9. The first-order valence-corrected chi connectivity index (χ1v) is 19.8. The van der Waals surface area contributed by atoms with Gasteiger partial charge in [0, 0.05) is 29.4 Å². The maximum Gasteiger partial charge on any atom is 0.164 e. The van der Waals surface area contributed by atoms with Crippen LogP contribution in [0.5, 0.6) is 0 Å². The van der Waals surface area contributed by atoms with Gasteiger partial charge in [-0.05, 0) is 92.5 Å². The Hall–Kier alpha value is -6.26. The van der Waals surface area contributed by atoms with Crippen molar-refractivity contribution < 1.29 is 0 Å². The Kier molecular flexibility index (Phi) is 11.3. The van der Waals surface area contributed by atoms with Crippen LogP contribution in [0.2, 0.25) is 0 Å². The third-order valence-electron chi connectivity index (χ3n) is 10.5. The fourth-order valence-electron chi connectivity index (χ4n) is 7.05. The summed E-state index contributed by atoms with van der Waals surface area (Å²) in [4.78, 5) is 20.3. The van der Waals surface area contributed by atoms with Gasteiger partial charge in [-0.1, -0.05) is 181 Å². The van der Waals surface area contributed by atoms with E-state index in [0.29, 0.717) is 17.5 Å². The lowest BCUT2D eigenvalue weighted by Gasteiger charge is -2.26. The summed E-state index contributed by atoms with van der Waals surface area (Å²) in [6.45, 7) is 15.8. The molecular formula is C53H52N4. The molecule has 0 radical (unpaired) electrons. The van der Waals surface area contributed by atoms with E-state index in [0.717, 1.165) is 56.6 Å². The highest BCUT2D eigenvalue weighted by atomic mass is 15.0. The van der Waals surface area contributed by atoms with Crippen LogP contribution in [0.4, 0.5) is 0 Å². The summed E-state index contributed by atoms with van der Waals surface area (Å²) in [5, 5.41) is 0. The Morgan fingerprint density at radius 1 is 0.474 bits per heavy atom. The minimum atomic E-state index is -0.0213. The van der Waals surface area contributed by atoms with Gasteiger partial charge in [0.05, 0.1) is 0 Å². The molecule has 0 N–H and O–H groups in total. The third kappa shape index (κ3) is 9.08. The van der Waals surface area contributed by atoms with Crippen LogP contribution < -0.4 is 0 Å². The molecule has 0 saturated carbocycles. The van der Waals surface area contributed by atoms with Gasteiger partial charge in [-0.2, -0.15) is 0 Å². The molecule has 0 aliphatic heterocycles. The lowest BCUT2D eigenvalue weighted by Crippen LogP contribution is -2.16. The molecular weight excluding hydrogens is 693 g/mol. The van der Waals surface area contributed by atoms with Crippen molar-refractivity contribution >= 4 is 5.71 Å². The molecule has 6 aromatic carbocycles. The zero-order valence-electron chi connectivity index (χ0n) is 34.5. The molecule has 284 valence electrons. The van der Waals surface area contributed by atoms with Crippen molar-refractivity contribution in [1.82, 2.24) is 15.0 Å². The van der Waals surface area contributed by atoms with Crippen LogP contribution >= 0.6 is 0 Å². The molecule has 4 heteroatoms. The van der Waals surface area contributed by atoms with Crippen molar-refractivity contribution in [2.45, 2.75) is 65.7 Å². The molecule has 0 aliphatic rings. The average molecular weight is 745 g/mol. The first kappa shape index (κ1) is 39.0. The van der Waals surface area contributed by atoms with E-state index < -0.39 is 0 Å². The standard InChI is InChI=1S/C53H52N4/c1-36(54-8)20-19-21-37-30-40(41-33-43(52(2,3)4)35-44(34-41)53(5,6)7)32-42(31-37)49-55-50(47-28-17-15-26-45(47)38-22-11-9-12-23-38)57-51(56-49)48-29-18-16-27-46(48)39-24-13-10-14-25-39/h9-20,22-35H,21H2,1-8H3/b20-19-,54-36?. The molecule has 4 nitrogen and oxygen atoms in total. The van der Waals surface area contributed by atoms with Gasteiger partial charge in [-0.25, -0.2) is 15.0 Å². The van der Waals surface area contributed by atoms with Crippen molar-refractivity contribution in [2.75, 3.05) is 7.05 Å². The fraction of sp³-hybridized carbons (Fsp3) is 0.208. The predicted molar refractivity (Wildman–Crippen MR) is 242 cm³/mol. The molecule has 0 bridgehead atoms. The molecule has 7 aromatic rings. The number of benzene rings is 6. The number of nitrogens with zero attached hydrogens (tertiary/aromatic N) is 4. The van der Waals surface area contributed by atoms with Crippen LogP contribution in [-0.4, -0.2) is 27.7 Å². The van der Waals surface area contributed by atoms with Gasteiger partial charge in [0.15, 0.2) is 17.5 Å². The van der Waals surface area contributed by atoms with Crippen molar-refractivity contribution in [2.24, 2.45) is 4.99 Å². The normalized spacial score (nSPS) is 12.3. The van der Waals surface area contributed by atoms with E-state index in [1.54, 1.807) is 0 Å². The number of hydrogen-bond donors (Lipinski definition) is 0. The van der Waals surface area contributed by atoms with Crippen molar-refractivity contribution in [3.63, 3.8) is 0 Å². The van der Waals surface area contributed by atoms with Gasteiger partial charge < -0.3 is 0 Å². The molecule has 0 unspecified atom stereocenters. The van der Waals surface area contributed by atoms with E-state index >= 15 is 0 Å². The number of allylic oxidation sites excluding steroid dienone is 2. The van der Waals surface area contributed by atoms with Crippen LogP contribution in [0.1, 0.15) is 65.2 Å². The zero-order chi connectivity index (χ0) is 40.2. The van der Waals surface area contributed by atoms with Gasteiger partial charge in [0.2, 0.25) is 0 Å². The quantitative estimate of drug-likeness (QED) is 0.138. The summed E-state index contributed by atoms with van der Waals surface area (Å²) in [5.41, 5.74) is 14.2. The number of aromatic nitrogens is 3. The Balaban J connectivity index is 1.50. The molecule has 1 aromatic heterocycles. The van der Waals surface area contributed by atoms with Crippen LogP contribution in [0, 0.1) is 0 Å². The maximum absolute atomic E-state index is 5.34. The molecule has 0 amide bonds. The fourth-order valence-corrected chi connectivity index (χ4v) is 7.05. The lowest BCUT2D eigenvalue weighted by atomic mass is 9.78. The summed E-state index contributed by atoms with van der Waals surface area (Å²) in [7, 11) is 1.83. The predicted octanol–water partition coefficient (Wildman–Crippen LogP) is 13.7. The zero-order valence-corrected chi connectivity index (χ0v) is 34.5. The first-order chi connectivity index (χ1) is 27.4. The Morgan fingerprint density at radius 2 is 0.895 bits per heavy atom. The number of aliphatic imine (C=N–C) groups is 1. The summed E-state index contributed by atoms with van der Waals surface area (Å²) in [5.74, 6) is 1.88. The molecule has 57 heavy (non-hydrogen) atoms. The van der Waals surface area contributed by atoms with Gasteiger partial charge >= 0.3 is 0 Å². The maximum atomic E-state index is 5.34. The minimum absolute atomic E-state index is 0.0213. The van der Waals surface area contributed by atoms with Gasteiger partial charge in [-0.15, -0.1) is 0 Å². The van der Waals surface area contributed by atoms with Gasteiger partial charge in [0.1, 0.15) is 0 Å². The number of hydrogen-bond acceptors (Lipinski definition) is 4. The van der Waals surface area contributed by atoms with E-state index in [2.05, 4.69) is 192 Å². The molecule has 7 rings (SSSR count). The summed E-state index contributed by atoms with van der Waals surface area (Å²) < 4.78 is 0. The van der Waals surface area contributed by atoms with Crippen LogP contribution in [0.25, 0.3) is 67.5 Å². The summed E-state index contributed by atoms with van der Waals surface area (Å²) >= 11 is 0. The molecule has 0 aliphatic carbocycles. The average Bonchev–Trinajstić information content (AvgIpc) is 3.23. The monoisotopic (exact) mass is 744 g/mol. The highest BCUT2D eigenvalue weighted by Gasteiger charge is 2.23. The minimum Gasteiger partial charge on any atom is -0.293 e. The first-order valence-electron chi connectivity index (χ1n) is 19.8. The van der Waals surface area contributed by atoms with E-state index in [-0.39, 0.29) is 10.8 Å². The summed E-state index contributed by atoms with van der Waals surface area (Å²) in [6, 6.07) is 51.6. The van der Waals surface area contributed by atoms with Gasteiger partial charge in [-0.3, -0.25) is 4.99 Å². The Morgan fingerprint density at radius 3 is 1.37 bits per heavy atom. The van der Waals surface area contributed by atoms with Crippen LogP contribution in [0.15, 0.2) is 163 Å². The molecule has 0 spiro atoms. The lowest BCUT2D eigenvalue weighted by molar-refractivity contribution is 0.569. The van der Waals surface area contributed by atoms with E-state index in [4.69, 9.17) is 15.0 Å². The highest BCUT2D eigenvalue weighted by molar-refractivity contribution is 5.92. The van der Waals surface area contributed by atoms with E-state index in [9.17, 15) is 0 Å². The molecule has 1 heterocycles. The summed E-state index contributed by atoms with van der Waals surface area (Å²) in [6.07, 6.45) is 5.01. The largest absolute Gasteiger partial charge is 0.293 e. The third-order valence-corrected chi connectivity index (χ3v) is 10.5. The second-order valence-corrected chi connectivity index (χ2v) is 16.8. The highest BCUT2D eigenvalue weighted by Crippen LogP contribution is 2.38. The van der Waals surface area contributed by atoms with Crippen molar-refractivity contribution in [3.8, 4) is 67.5 Å². The van der Waals surface area contributed by atoms with E-state index in [1.165, 1.54) is 22.3 Å². The van der Waals surface area contributed by atoms with Gasteiger partial charge in [0.25, 0.3) is 0 Å². The second kappa shape index (κ2) is 16.5. The topological polar surface area (TPSA) is 51.0 Å². The van der Waals surface area contributed by atoms with Crippen molar-refractivity contribution in [1.29, 1.82) is 0 Å². The molecule has 0 saturated heterocycles. The Bertz CT molecular complexity index is 2430. The second-order valence-electron chi connectivity index (χ2n) is 16.8. The van der Waals surface area contributed by atoms with E-state index in [1.807, 2.05) is 26.1 Å². The SMILES string of the molecule is CN=C(C)/C=C\Cc1cc(-c2cc(C(C)(C)C)cc(C(C)(C)C)c2)cc(-c2nc(-c3ccccc3-c3ccccc3)nc(-c3ccccc3-c3ccccc3)n2)c1. The molecule has 0 atom stereocenters. The smallest absolute Gasteiger partial charge is 0.164 e. The van der Waals surface area contributed by atoms with Crippen molar-refractivity contribution in [3.05, 3.63) is 174 Å². The van der Waals surface area contributed by atoms with Crippen LogP contribution in [0.3, 0.4) is 0 Å². The molecule has 0 fully saturated rings.